The van der Waals surface area contributed by atoms with Crippen molar-refractivity contribution in [2.75, 3.05) is 0 Å². The topological polar surface area (TPSA) is 42.9 Å². The lowest BCUT2D eigenvalue weighted by Crippen LogP contribution is -2.25. The average molecular weight is 469 g/mol. The zero-order valence-electron chi connectivity index (χ0n) is 16.9. The summed E-state index contributed by atoms with van der Waals surface area (Å²) in [6, 6.07) is 33.6. The van der Waals surface area contributed by atoms with Crippen molar-refractivity contribution >= 4 is 57.6 Å². The molecule has 0 atom stereocenters. The third kappa shape index (κ3) is 3.29. The normalized spacial score (nSPS) is 12.9. The smallest absolute Gasteiger partial charge is 0.171 e. The molecule has 0 fully saturated rings. The van der Waals surface area contributed by atoms with Gasteiger partial charge in [-0.05, 0) is 30.3 Å². The first-order chi connectivity index (χ1) is 15.7. The quantitative estimate of drug-likeness (QED) is 0.303. The standard InChI is InChI=1S/C26H17N2OPS2/c29-30(18-9-3-1-4-10-18,19-11-5-2-6-12-19)20-15-16-23-24(17-20)32-26-25(31-23)27-21-13-7-8-14-22(21)28-26/h1-17H. The van der Waals surface area contributed by atoms with E-state index in [0.29, 0.717) is 0 Å². The Labute approximate surface area is 194 Å². The van der Waals surface area contributed by atoms with Crippen molar-refractivity contribution in [3.63, 3.8) is 0 Å². The molecule has 6 rings (SSSR count). The van der Waals surface area contributed by atoms with Gasteiger partial charge in [0.1, 0.15) is 10.1 Å². The van der Waals surface area contributed by atoms with Crippen molar-refractivity contribution in [3.8, 4) is 0 Å². The Morgan fingerprint density at radius 1 is 0.531 bits per heavy atom. The minimum absolute atomic E-state index is 0.832. The number of benzene rings is 4. The molecule has 0 radical (unpaired) electrons. The lowest BCUT2D eigenvalue weighted by Gasteiger charge is -2.23. The van der Waals surface area contributed by atoms with Crippen LogP contribution >= 0.6 is 30.7 Å². The fourth-order valence-corrected chi connectivity index (χ4v) is 8.77. The van der Waals surface area contributed by atoms with Gasteiger partial charge in [0.2, 0.25) is 0 Å². The lowest BCUT2D eigenvalue weighted by atomic mass is 10.3. The number of para-hydroxylation sites is 2. The maximum atomic E-state index is 14.7. The molecule has 1 aliphatic heterocycles. The summed E-state index contributed by atoms with van der Waals surface area (Å²) in [5.41, 5.74) is 1.79. The van der Waals surface area contributed by atoms with Crippen LogP contribution in [0.5, 0.6) is 0 Å². The van der Waals surface area contributed by atoms with Gasteiger partial charge in [0.05, 0.1) is 11.0 Å². The largest absolute Gasteiger partial charge is 0.309 e. The van der Waals surface area contributed by atoms with Gasteiger partial charge in [-0.25, -0.2) is 9.97 Å². The van der Waals surface area contributed by atoms with E-state index in [2.05, 4.69) is 12.1 Å². The summed E-state index contributed by atoms with van der Waals surface area (Å²) in [5.74, 6) is 0. The van der Waals surface area contributed by atoms with Crippen LogP contribution in [0.3, 0.4) is 0 Å². The van der Waals surface area contributed by atoms with Crippen LogP contribution in [0.4, 0.5) is 0 Å². The van der Waals surface area contributed by atoms with Gasteiger partial charge in [0.15, 0.2) is 7.14 Å². The zero-order valence-corrected chi connectivity index (χ0v) is 19.4. The number of hydrogen-bond acceptors (Lipinski definition) is 5. The van der Waals surface area contributed by atoms with Crippen LogP contribution < -0.4 is 15.9 Å². The number of fused-ring (bicyclic) bond motifs is 3. The number of aromatic nitrogens is 2. The SMILES string of the molecule is O=P(c1ccccc1)(c1ccccc1)c1ccc2c(c1)Sc1nc3ccccc3nc1S2. The van der Waals surface area contributed by atoms with Crippen LogP contribution in [-0.2, 0) is 4.57 Å². The van der Waals surface area contributed by atoms with Crippen molar-refractivity contribution in [1.29, 1.82) is 0 Å². The highest BCUT2D eigenvalue weighted by Gasteiger charge is 2.31. The van der Waals surface area contributed by atoms with Crippen LogP contribution in [0, 0.1) is 0 Å². The summed E-state index contributed by atoms with van der Waals surface area (Å²) in [4.78, 5) is 11.8. The van der Waals surface area contributed by atoms with E-state index in [1.807, 2.05) is 91.0 Å². The molecule has 0 amide bonds. The molecule has 5 aromatic rings. The lowest BCUT2D eigenvalue weighted by molar-refractivity contribution is 0.592. The highest BCUT2D eigenvalue weighted by molar-refractivity contribution is 8.05. The van der Waals surface area contributed by atoms with Crippen LogP contribution in [-0.4, -0.2) is 9.97 Å². The Kier molecular flexibility index (Phi) is 4.91. The first kappa shape index (κ1) is 19.8. The fraction of sp³-hybridized carbons (Fsp3) is 0. The van der Waals surface area contributed by atoms with Gasteiger partial charge < -0.3 is 4.57 Å². The van der Waals surface area contributed by atoms with Crippen LogP contribution in [0.2, 0.25) is 0 Å². The second-order valence-electron chi connectivity index (χ2n) is 7.44. The predicted molar refractivity (Wildman–Crippen MR) is 134 cm³/mol. The van der Waals surface area contributed by atoms with Crippen molar-refractivity contribution in [2.45, 2.75) is 19.8 Å². The van der Waals surface area contributed by atoms with Gasteiger partial charge in [-0.15, -0.1) is 0 Å². The van der Waals surface area contributed by atoms with Gasteiger partial charge in [0, 0.05) is 25.7 Å². The highest BCUT2D eigenvalue weighted by Crippen LogP contribution is 2.49. The molecule has 32 heavy (non-hydrogen) atoms. The predicted octanol–water partition coefficient (Wildman–Crippen LogP) is 5.89. The molecule has 1 aromatic heterocycles. The summed E-state index contributed by atoms with van der Waals surface area (Å²) in [6.07, 6.45) is 0. The summed E-state index contributed by atoms with van der Waals surface area (Å²) >= 11 is 3.23. The molecule has 3 nitrogen and oxygen atoms in total. The highest BCUT2D eigenvalue weighted by atomic mass is 32.2. The fourth-order valence-electron chi connectivity index (χ4n) is 3.89. The molecular weight excluding hydrogens is 451 g/mol. The third-order valence-corrected chi connectivity index (χ3v) is 10.9. The molecule has 4 aromatic carbocycles. The average Bonchev–Trinajstić information content (AvgIpc) is 2.86. The molecule has 0 spiro atoms. The Morgan fingerprint density at radius 3 is 1.59 bits per heavy atom. The molecule has 0 unspecified atom stereocenters. The molecule has 0 saturated heterocycles. The van der Waals surface area contributed by atoms with E-state index in [0.717, 1.165) is 46.8 Å². The molecule has 0 aliphatic carbocycles. The molecule has 0 bridgehead atoms. The van der Waals surface area contributed by atoms with E-state index >= 15 is 0 Å². The van der Waals surface area contributed by atoms with E-state index in [-0.39, 0.29) is 0 Å². The van der Waals surface area contributed by atoms with Crippen LogP contribution in [0.15, 0.2) is 123 Å². The monoisotopic (exact) mass is 468 g/mol. The summed E-state index contributed by atoms with van der Waals surface area (Å²) in [6.45, 7) is 0. The Bertz CT molecular complexity index is 1460. The first-order valence-corrected chi connectivity index (χ1v) is 13.5. The Balaban J connectivity index is 1.49. The molecule has 6 heteroatoms. The molecule has 0 saturated carbocycles. The maximum absolute atomic E-state index is 14.7. The van der Waals surface area contributed by atoms with Crippen LogP contribution in [0.25, 0.3) is 11.0 Å². The summed E-state index contributed by atoms with van der Waals surface area (Å²) in [5, 5.41) is 4.33. The van der Waals surface area contributed by atoms with Gasteiger partial charge in [-0.3, -0.25) is 0 Å². The minimum Gasteiger partial charge on any atom is -0.309 e. The van der Waals surface area contributed by atoms with E-state index < -0.39 is 7.14 Å². The second kappa shape index (κ2) is 7.93. The van der Waals surface area contributed by atoms with Crippen molar-refractivity contribution in [1.82, 2.24) is 9.97 Å². The summed E-state index contributed by atoms with van der Waals surface area (Å²) in [7, 11) is -3.01. The second-order valence-corrected chi connectivity index (χ2v) is 12.3. The van der Waals surface area contributed by atoms with E-state index in [1.165, 1.54) is 0 Å². The summed E-state index contributed by atoms with van der Waals surface area (Å²) < 4.78 is 14.7. The minimum atomic E-state index is -3.01. The van der Waals surface area contributed by atoms with Gasteiger partial charge in [-0.2, -0.15) is 0 Å². The number of nitrogens with zero attached hydrogens (tertiary/aromatic N) is 2. The number of rotatable bonds is 3. The molecule has 2 heterocycles. The van der Waals surface area contributed by atoms with Gasteiger partial charge in [-0.1, -0.05) is 96.3 Å². The molecule has 0 N–H and O–H groups in total. The maximum Gasteiger partial charge on any atom is 0.171 e. The van der Waals surface area contributed by atoms with Gasteiger partial charge in [0.25, 0.3) is 0 Å². The van der Waals surface area contributed by atoms with Crippen molar-refractivity contribution < 1.29 is 4.57 Å². The van der Waals surface area contributed by atoms with Crippen LogP contribution in [0.1, 0.15) is 0 Å². The molecule has 154 valence electrons. The zero-order chi connectivity index (χ0) is 21.5. The number of hydrogen-bond donors (Lipinski definition) is 0. The van der Waals surface area contributed by atoms with E-state index in [1.54, 1.807) is 23.5 Å². The van der Waals surface area contributed by atoms with Crippen molar-refractivity contribution in [3.05, 3.63) is 103 Å². The van der Waals surface area contributed by atoms with Gasteiger partial charge >= 0.3 is 0 Å². The molecular formula is C26H17N2OPS2. The van der Waals surface area contributed by atoms with E-state index in [9.17, 15) is 4.57 Å². The first-order valence-electron chi connectivity index (χ1n) is 10.2. The Morgan fingerprint density at radius 2 is 1.03 bits per heavy atom. The Hall–Kier alpha value is -2.85. The van der Waals surface area contributed by atoms with E-state index in [4.69, 9.17) is 9.97 Å². The van der Waals surface area contributed by atoms with Crippen molar-refractivity contribution in [2.24, 2.45) is 0 Å². The molecule has 1 aliphatic rings. The third-order valence-electron chi connectivity index (χ3n) is 5.45.